The van der Waals surface area contributed by atoms with E-state index in [0.29, 0.717) is 6.04 Å². The molecule has 0 aliphatic rings. The van der Waals surface area contributed by atoms with Crippen LogP contribution in [0.4, 0.5) is 0 Å². The summed E-state index contributed by atoms with van der Waals surface area (Å²) in [4.78, 5) is 19.6. The van der Waals surface area contributed by atoms with Gasteiger partial charge in [-0.15, -0.1) is 0 Å². The first-order chi connectivity index (χ1) is 12.8. The predicted octanol–water partition coefficient (Wildman–Crippen LogP) is 3.84. The summed E-state index contributed by atoms with van der Waals surface area (Å²) in [6.07, 6.45) is 0.884. The van der Waals surface area contributed by atoms with Gasteiger partial charge in [-0.05, 0) is 43.9 Å². The Hall–Kier alpha value is -2.66. The number of hydrogen-bond acceptors (Lipinski definition) is 3. The van der Waals surface area contributed by atoms with E-state index in [9.17, 15) is 4.79 Å². The highest BCUT2D eigenvalue weighted by molar-refractivity contribution is 5.73. The molecule has 0 fully saturated rings. The van der Waals surface area contributed by atoms with Crippen LogP contribution in [0.1, 0.15) is 39.7 Å². The minimum Gasteiger partial charge on any atom is -0.483 e. The maximum Gasteiger partial charge on any atom is 0.290 e. The van der Waals surface area contributed by atoms with Crippen LogP contribution in [0.15, 0.2) is 54.6 Å². The molecule has 146 valence electrons. The van der Waals surface area contributed by atoms with Crippen LogP contribution < -0.4 is 10.6 Å². The number of nitrogens with one attached hydrogen (secondary N) is 2. The van der Waals surface area contributed by atoms with Gasteiger partial charge >= 0.3 is 0 Å². The quantitative estimate of drug-likeness (QED) is 0.647. The molecule has 0 aliphatic carbocycles. The van der Waals surface area contributed by atoms with E-state index in [4.69, 9.17) is 9.90 Å². The molecule has 27 heavy (non-hydrogen) atoms. The molecule has 2 aromatic rings. The van der Waals surface area contributed by atoms with Crippen molar-refractivity contribution in [3.8, 4) is 11.1 Å². The first-order valence-corrected chi connectivity index (χ1v) is 9.02. The fraction of sp³-hybridized carbons (Fsp3) is 0.364. The van der Waals surface area contributed by atoms with Gasteiger partial charge in [0.1, 0.15) is 0 Å². The molecule has 1 atom stereocenters. The average Bonchev–Trinajstić information content (AvgIpc) is 2.60. The molecule has 0 saturated heterocycles. The monoisotopic (exact) mass is 370 g/mol. The smallest absolute Gasteiger partial charge is 0.290 e. The second-order valence-electron chi connectivity index (χ2n) is 7.22. The minimum absolute atomic E-state index is 0.0173. The van der Waals surface area contributed by atoms with E-state index < -0.39 is 0 Å². The Kier molecular flexibility index (Phi) is 9.23. The second kappa shape index (κ2) is 11.1. The molecule has 2 aromatic carbocycles. The summed E-state index contributed by atoms with van der Waals surface area (Å²) in [5.74, 6) is 0.0173. The molecule has 0 radical (unpaired) electrons. The van der Waals surface area contributed by atoms with Crippen molar-refractivity contribution in [2.45, 2.75) is 52.2 Å². The standard InChI is InChI=1S/C21H28N2O.CH2O2/c1-16(14-21(3,4)23-17(2)24)22-15-18-10-12-20(13-11-18)19-8-6-5-7-9-19;2-1-3/h5-13,16,22H,14-15H2,1-4H3,(H,23,24);1H,(H,2,3). The number of hydrogen-bond donors (Lipinski definition) is 3. The maximum atomic E-state index is 11.2. The molecule has 1 amide bonds. The molecule has 5 nitrogen and oxygen atoms in total. The van der Waals surface area contributed by atoms with E-state index >= 15 is 0 Å². The maximum absolute atomic E-state index is 11.2. The van der Waals surface area contributed by atoms with E-state index in [1.807, 2.05) is 6.07 Å². The molecule has 0 aromatic heterocycles. The predicted molar refractivity (Wildman–Crippen MR) is 109 cm³/mol. The number of rotatable bonds is 7. The van der Waals surface area contributed by atoms with Gasteiger partial charge < -0.3 is 15.7 Å². The Bertz CT molecular complexity index is 697. The van der Waals surface area contributed by atoms with Gasteiger partial charge in [-0.2, -0.15) is 0 Å². The van der Waals surface area contributed by atoms with Gasteiger partial charge in [-0.25, -0.2) is 0 Å². The zero-order chi connectivity index (χ0) is 20.3. The molecule has 0 heterocycles. The number of carbonyl (C=O) groups is 2. The van der Waals surface area contributed by atoms with Gasteiger partial charge in [0.2, 0.25) is 5.91 Å². The van der Waals surface area contributed by atoms with Crippen molar-refractivity contribution in [1.29, 1.82) is 0 Å². The van der Waals surface area contributed by atoms with Crippen molar-refractivity contribution in [3.05, 3.63) is 60.2 Å². The molecule has 5 heteroatoms. The Balaban J connectivity index is 0.00000114. The van der Waals surface area contributed by atoms with Gasteiger partial charge in [0.05, 0.1) is 0 Å². The number of benzene rings is 2. The summed E-state index contributed by atoms with van der Waals surface area (Å²) < 4.78 is 0. The van der Waals surface area contributed by atoms with Crippen molar-refractivity contribution >= 4 is 12.4 Å². The SMILES string of the molecule is CC(=O)NC(C)(C)CC(C)NCc1ccc(-c2ccccc2)cc1.O=CO. The van der Waals surface area contributed by atoms with Crippen LogP contribution >= 0.6 is 0 Å². The van der Waals surface area contributed by atoms with Gasteiger partial charge in [0, 0.05) is 25.0 Å². The Morgan fingerprint density at radius 2 is 1.59 bits per heavy atom. The molecule has 2 rings (SSSR count). The molecular formula is C22H30N2O3. The minimum atomic E-state index is -0.250. The molecule has 0 aliphatic heterocycles. The largest absolute Gasteiger partial charge is 0.483 e. The summed E-state index contributed by atoms with van der Waals surface area (Å²) in [6.45, 7) is 8.41. The highest BCUT2D eigenvalue weighted by Crippen LogP contribution is 2.19. The third kappa shape index (κ3) is 9.01. The van der Waals surface area contributed by atoms with Crippen molar-refractivity contribution in [2.24, 2.45) is 0 Å². The first kappa shape index (κ1) is 22.4. The topological polar surface area (TPSA) is 78.4 Å². The number of carboxylic acid groups (broad SMARTS) is 1. The molecular weight excluding hydrogens is 340 g/mol. The van der Waals surface area contributed by atoms with Crippen LogP contribution in [-0.4, -0.2) is 29.1 Å². The summed E-state index contributed by atoms with van der Waals surface area (Å²) in [5.41, 5.74) is 3.54. The summed E-state index contributed by atoms with van der Waals surface area (Å²) in [6, 6.07) is 19.4. The Morgan fingerprint density at radius 3 is 2.11 bits per heavy atom. The molecule has 0 saturated carbocycles. The second-order valence-corrected chi connectivity index (χ2v) is 7.22. The van der Waals surface area contributed by atoms with Crippen LogP contribution in [0.3, 0.4) is 0 Å². The van der Waals surface area contributed by atoms with Gasteiger partial charge in [0.15, 0.2) is 0 Å². The highest BCUT2D eigenvalue weighted by atomic mass is 16.3. The Morgan fingerprint density at radius 1 is 1.07 bits per heavy atom. The van der Waals surface area contributed by atoms with Crippen molar-refractivity contribution in [2.75, 3.05) is 0 Å². The number of amides is 1. The number of carbonyl (C=O) groups excluding carboxylic acids is 1. The molecule has 3 N–H and O–H groups in total. The zero-order valence-corrected chi connectivity index (χ0v) is 16.5. The fourth-order valence-electron chi connectivity index (χ4n) is 3.10. The van der Waals surface area contributed by atoms with Crippen LogP contribution in [0, 0.1) is 0 Å². The van der Waals surface area contributed by atoms with Gasteiger partial charge in [-0.1, -0.05) is 54.6 Å². The van der Waals surface area contributed by atoms with Crippen LogP contribution in [0.5, 0.6) is 0 Å². The lowest BCUT2D eigenvalue weighted by molar-refractivity contribution is -0.123. The normalized spacial score (nSPS) is 11.7. The van der Waals surface area contributed by atoms with Crippen LogP contribution in [0.2, 0.25) is 0 Å². The summed E-state index contributed by atoms with van der Waals surface area (Å²) in [7, 11) is 0. The van der Waals surface area contributed by atoms with E-state index in [1.54, 1.807) is 6.92 Å². The summed E-state index contributed by atoms with van der Waals surface area (Å²) in [5, 5.41) is 13.4. The lowest BCUT2D eigenvalue weighted by atomic mass is 9.95. The Labute approximate surface area is 161 Å². The summed E-state index contributed by atoms with van der Waals surface area (Å²) >= 11 is 0. The third-order valence-corrected chi connectivity index (χ3v) is 4.05. The van der Waals surface area contributed by atoms with Crippen LogP contribution in [0.25, 0.3) is 11.1 Å². The van der Waals surface area contributed by atoms with E-state index in [2.05, 4.69) is 79.9 Å². The average molecular weight is 370 g/mol. The lowest BCUT2D eigenvalue weighted by Gasteiger charge is -2.29. The van der Waals surface area contributed by atoms with Gasteiger partial charge in [0.25, 0.3) is 6.47 Å². The highest BCUT2D eigenvalue weighted by Gasteiger charge is 2.21. The zero-order valence-electron chi connectivity index (χ0n) is 16.5. The molecule has 1 unspecified atom stereocenters. The first-order valence-electron chi connectivity index (χ1n) is 9.02. The van der Waals surface area contributed by atoms with E-state index in [1.165, 1.54) is 16.7 Å². The third-order valence-electron chi connectivity index (χ3n) is 4.05. The van der Waals surface area contributed by atoms with Gasteiger partial charge in [-0.3, -0.25) is 9.59 Å². The van der Waals surface area contributed by atoms with Crippen molar-refractivity contribution < 1.29 is 14.7 Å². The van der Waals surface area contributed by atoms with E-state index in [0.717, 1.165) is 13.0 Å². The lowest BCUT2D eigenvalue weighted by Crippen LogP contribution is -2.46. The van der Waals surface area contributed by atoms with Crippen LogP contribution in [-0.2, 0) is 16.1 Å². The fourth-order valence-corrected chi connectivity index (χ4v) is 3.10. The van der Waals surface area contributed by atoms with Crippen molar-refractivity contribution in [3.63, 3.8) is 0 Å². The molecule has 0 bridgehead atoms. The molecule has 0 spiro atoms. The van der Waals surface area contributed by atoms with E-state index in [-0.39, 0.29) is 17.9 Å². The van der Waals surface area contributed by atoms with Crippen molar-refractivity contribution in [1.82, 2.24) is 10.6 Å².